The molecular formula is C20H25F3N4O5. The minimum absolute atomic E-state index is 0.131. The largest absolute Gasteiger partial charge is 0.490 e. The highest BCUT2D eigenvalue weighted by molar-refractivity contribution is 5.77. The summed E-state index contributed by atoms with van der Waals surface area (Å²) in [5.41, 5.74) is 0.526. The van der Waals surface area contributed by atoms with Crippen LogP contribution in [0.15, 0.2) is 18.3 Å². The van der Waals surface area contributed by atoms with Gasteiger partial charge in [0, 0.05) is 45.4 Å². The second-order valence-electron chi connectivity index (χ2n) is 7.71. The van der Waals surface area contributed by atoms with Crippen LogP contribution in [0, 0.1) is 23.2 Å². The molecule has 3 atom stereocenters. The lowest BCUT2D eigenvalue weighted by molar-refractivity contribution is -0.192. The summed E-state index contributed by atoms with van der Waals surface area (Å²) in [6, 6.07) is 5.46. The van der Waals surface area contributed by atoms with Crippen molar-refractivity contribution in [3.63, 3.8) is 0 Å². The third-order valence-electron chi connectivity index (χ3n) is 5.22. The Balaban J connectivity index is 0.000000451. The Hall–Kier alpha value is -2.91. The molecule has 32 heavy (non-hydrogen) atoms. The van der Waals surface area contributed by atoms with Crippen LogP contribution in [-0.4, -0.2) is 91.0 Å². The van der Waals surface area contributed by atoms with Gasteiger partial charge >= 0.3 is 12.1 Å². The van der Waals surface area contributed by atoms with Crippen molar-refractivity contribution in [3.05, 3.63) is 23.9 Å². The number of rotatable bonds is 6. The van der Waals surface area contributed by atoms with Gasteiger partial charge in [0.15, 0.2) is 0 Å². The number of nitrogens with zero attached hydrogens (tertiary/aromatic N) is 4. The highest BCUT2D eigenvalue weighted by Gasteiger charge is 2.43. The lowest BCUT2D eigenvalue weighted by Gasteiger charge is -2.20. The maximum atomic E-state index is 11.9. The predicted octanol–water partition coefficient (Wildman–Crippen LogP) is 1.39. The van der Waals surface area contributed by atoms with E-state index in [1.807, 2.05) is 6.07 Å². The van der Waals surface area contributed by atoms with E-state index in [1.165, 1.54) is 6.20 Å². The van der Waals surface area contributed by atoms with E-state index in [2.05, 4.69) is 9.88 Å². The van der Waals surface area contributed by atoms with E-state index in [9.17, 15) is 18.0 Å². The first-order valence-corrected chi connectivity index (χ1v) is 9.84. The number of aromatic nitrogens is 1. The number of pyridine rings is 1. The topological polar surface area (TPSA) is 116 Å². The Morgan fingerprint density at radius 2 is 2.06 bits per heavy atom. The zero-order valence-corrected chi connectivity index (χ0v) is 17.7. The molecule has 0 spiro atoms. The Bertz CT molecular complexity index is 826. The van der Waals surface area contributed by atoms with Gasteiger partial charge in [0.25, 0.3) is 0 Å². The van der Waals surface area contributed by atoms with Crippen molar-refractivity contribution in [2.75, 3.05) is 46.9 Å². The number of carboxylic acids is 1. The van der Waals surface area contributed by atoms with Gasteiger partial charge in [-0.3, -0.25) is 9.69 Å². The van der Waals surface area contributed by atoms with Gasteiger partial charge in [0.05, 0.1) is 31.4 Å². The lowest BCUT2D eigenvalue weighted by atomic mass is 9.91. The van der Waals surface area contributed by atoms with Crippen molar-refractivity contribution in [1.82, 2.24) is 14.8 Å². The molecule has 0 radical (unpaired) electrons. The smallest absolute Gasteiger partial charge is 0.478 e. The number of amides is 1. The van der Waals surface area contributed by atoms with E-state index >= 15 is 0 Å². The van der Waals surface area contributed by atoms with Gasteiger partial charge in [-0.2, -0.15) is 18.4 Å². The lowest BCUT2D eigenvalue weighted by Crippen LogP contribution is -2.36. The van der Waals surface area contributed by atoms with E-state index < -0.39 is 12.1 Å². The number of fused-ring (bicyclic) bond motifs is 1. The first-order chi connectivity index (χ1) is 15.0. The van der Waals surface area contributed by atoms with Crippen molar-refractivity contribution in [3.8, 4) is 11.9 Å². The number of likely N-dealkylation sites (N-methyl/N-ethyl adjacent to an activating group) is 1. The van der Waals surface area contributed by atoms with Crippen LogP contribution in [0.5, 0.6) is 5.88 Å². The molecule has 2 fully saturated rings. The summed E-state index contributed by atoms with van der Waals surface area (Å²) in [5.74, 6) is -1.17. The molecule has 1 N–H and O–H groups in total. The number of carbonyl (C=O) groups excluding carboxylic acids is 1. The van der Waals surface area contributed by atoms with Crippen molar-refractivity contribution in [2.45, 2.75) is 18.7 Å². The maximum Gasteiger partial charge on any atom is 0.490 e. The number of carbonyl (C=O) groups is 2. The zero-order valence-electron chi connectivity index (χ0n) is 17.7. The molecule has 2 aliphatic rings. The van der Waals surface area contributed by atoms with Gasteiger partial charge in [0.1, 0.15) is 6.07 Å². The number of hydrogen-bond acceptors (Lipinski definition) is 7. The van der Waals surface area contributed by atoms with E-state index in [0.29, 0.717) is 36.4 Å². The molecule has 12 heteroatoms. The molecule has 0 bridgehead atoms. The number of nitriles is 1. The standard InChI is InChI=1S/C18H24N4O3.C2HF3O2/c1-21(2)18(23)11-22-9-15-14(12-25-16(15)10-22)5-6-24-17-4-3-13(7-19)8-20-17;3-2(4,5)1(6)7/h3-4,8,14-16H,5-6,9-12H2,1-2H3;(H,6,7)/t14-,15-,16-;/m0./s1. The Kier molecular flexibility index (Phi) is 8.80. The zero-order chi connectivity index (χ0) is 23.9. The van der Waals surface area contributed by atoms with Crippen molar-refractivity contribution in [1.29, 1.82) is 5.26 Å². The monoisotopic (exact) mass is 458 g/mol. The van der Waals surface area contributed by atoms with Crippen LogP contribution < -0.4 is 4.74 Å². The van der Waals surface area contributed by atoms with Gasteiger partial charge in [-0.1, -0.05) is 0 Å². The summed E-state index contributed by atoms with van der Waals surface area (Å²) in [6.45, 7) is 3.53. The molecule has 0 saturated carbocycles. The molecule has 9 nitrogen and oxygen atoms in total. The highest BCUT2D eigenvalue weighted by Crippen LogP contribution is 2.35. The summed E-state index contributed by atoms with van der Waals surface area (Å²) in [6.07, 6.45) is -2.44. The fraction of sp³-hybridized carbons (Fsp3) is 0.600. The summed E-state index contributed by atoms with van der Waals surface area (Å²) in [4.78, 5) is 28.7. The normalized spacial score (nSPS) is 22.3. The Morgan fingerprint density at radius 3 is 2.59 bits per heavy atom. The molecule has 0 unspecified atom stereocenters. The number of alkyl halides is 3. The molecule has 2 saturated heterocycles. The van der Waals surface area contributed by atoms with E-state index in [1.54, 1.807) is 31.1 Å². The molecule has 0 aromatic carbocycles. The number of halogens is 3. The molecule has 2 aliphatic heterocycles. The maximum absolute atomic E-state index is 11.9. The third-order valence-corrected chi connectivity index (χ3v) is 5.22. The summed E-state index contributed by atoms with van der Waals surface area (Å²) < 4.78 is 43.3. The number of hydrogen-bond donors (Lipinski definition) is 1. The van der Waals surface area contributed by atoms with Crippen molar-refractivity contribution in [2.24, 2.45) is 11.8 Å². The average Bonchev–Trinajstić information content (AvgIpc) is 3.29. The van der Waals surface area contributed by atoms with Gasteiger partial charge in [-0.05, 0) is 18.4 Å². The Morgan fingerprint density at radius 1 is 1.38 bits per heavy atom. The molecule has 1 aromatic heterocycles. The van der Waals surface area contributed by atoms with Crippen LogP contribution in [0.1, 0.15) is 12.0 Å². The van der Waals surface area contributed by atoms with Gasteiger partial charge < -0.3 is 19.5 Å². The Labute approximate surface area is 183 Å². The quantitative estimate of drug-likeness (QED) is 0.680. The first kappa shape index (κ1) is 25.4. The fourth-order valence-corrected chi connectivity index (χ4v) is 3.49. The number of carboxylic acid groups (broad SMARTS) is 1. The molecule has 1 amide bonds. The van der Waals surface area contributed by atoms with Crippen molar-refractivity contribution < 1.29 is 37.3 Å². The minimum atomic E-state index is -5.08. The number of ether oxygens (including phenoxy) is 2. The number of likely N-dealkylation sites (tertiary alicyclic amines) is 1. The van der Waals surface area contributed by atoms with Crippen molar-refractivity contribution >= 4 is 11.9 Å². The van der Waals surface area contributed by atoms with Crippen LogP contribution in [0.2, 0.25) is 0 Å². The van der Waals surface area contributed by atoms with Gasteiger partial charge in [-0.15, -0.1) is 0 Å². The molecule has 1 aromatic rings. The second-order valence-corrected chi connectivity index (χ2v) is 7.71. The molecule has 3 rings (SSSR count). The molecular weight excluding hydrogens is 433 g/mol. The fourth-order valence-electron chi connectivity index (χ4n) is 3.49. The van der Waals surface area contributed by atoms with Crippen LogP contribution in [0.4, 0.5) is 13.2 Å². The third kappa shape index (κ3) is 7.35. The van der Waals surface area contributed by atoms with E-state index in [0.717, 1.165) is 26.1 Å². The summed E-state index contributed by atoms with van der Waals surface area (Å²) >= 11 is 0. The number of aliphatic carboxylic acids is 1. The molecule has 0 aliphatic carbocycles. The SMILES string of the molecule is CN(C)C(=O)CN1C[C@H]2[C@@H](CCOc3ccc(C#N)cn3)CO[C@H]2C1.O=C(O)C(F)(F)F. The van der Waals surface area contributed by atoms with Crippen LogP contribution >= 0.6 is 0 Å². The summed E-state index contributed by atoms with van der Waals surface area (Å²) in [5, 5.41) is 15.9. The first-order valence-electron chi connectivity index (χ1n) is 9.84. The second kappa shape index (κ2) is 11.1. The predicted molar refractivity (Wildman–Crippen MR) is 105 cm³/mol. The van der Waals surface area contributed by atoms with Crippen LogP contribution in [0.3, 0.4) is 0 Å². The van der Waals surface area contributed by atoms with E-state index in [-0.39, 0.29) is 12.0 Å². The molecule has 176 valence electrons. The summed E-state index contributed by atoms with van der Waals surface area (Å²) in [7, 11) is 3.57. The average molecular weight is 458 g/mol. The highest BCUT2D eigenvalue weighted by atomic mass is 19.4. The van der Waals surface area contributed by atoms with Crippen LogP contribution in [-0.2, 0) is 14.3 Å². The van der Waals surface area contributed by atoms with Gasteiger partial charge in [0.2, 0.25) is 11.8 Å². The minimum Gasteiger partial charge on any atom is -0.478 e. The molecule has 3 heterocycles. The van der Waals surface area contributed by atoms with E-state index in [4.69, 9.17) is 24.6 Å². The van der Waals surface area contributed by atoms with Crippen LogP contribution in [0.25, 0.3) is 0 Å². The van der Waals surface area contributed by atoms with Gasteiger partial charge in [-0.25, -0.2) is 9.78 Å².